The maximum atomic E-state index is 6.01. The third-order valence-corrected chi connectivity index (χ3v) is 3.88. The first-order valence-corrected chi connectivity index (χ1v) is 5.96. The molecule has 0 saturated heterocycles. The summed E-state index contributed by atoms with van der Waals surface area (Å²) in [4.78, 5) is 1.45. The van der Waals surface area contributed by atoms with Crippen LogP contribution in [-0.2, 0) is 13.5 Å². The van der Waals surface area contributed by atoms with Gasteiger partial charge in [-0.15, -0.1) is 33.4 Å². The quantitative estimate of drug-likeness (QED) is 0.750. The van der Waals surface area contributed by atoms with E-state index in [0.717, 1.165) is 0 Å². The highest BCUT2D eigenvalue weighted by molar-refractivity contribution is 6.21. The number of tetrazole rings is 1. The van der Waals surface area contributed by atoms with Crippen LogP contribution in [-0.4, -0.2) is 32.0 Å². The van der Waals surface area contributed by atoms with Crippen molar-refractivity contribution in [1.82, 2.24) is 20.2 Å². The first-order valence-electron chi connectivity index (χ1n) is 4.89. The lowest BCUT2D eigenvalue weighted by Gasteiger charge is -2.32. The third-order valence-electron chi connectivity index (χ3n) is 2.82. The number of halogens is 2. The zero-order chi connectivity index (χ0) is 11.5. The van der Waals surface area contributed by atoms with Crippen LogP contribution in [0.4, 0.5) is 0 Å². The van der Waals surface area contributed by atoms with Gasteiger partial charge in [-0.2, -0.15) is 4.80 Å². The first kappa shape index (κ1) is 12.7. The van der Waals surface area contributed by atoms with Gasteiger partial charge in [0.25, 0.3) is 0 Å². The lowest BCUT2D eigenvalue weighted by Crippen LogP contribution is -2.34. The zero-order valence-corrected chi connectivity index (χ0v) is 10.8. The average Bonchev–Trinajstić information content (AvgIpc) is 2.60. The van der Waals surface area contributed by atoms with E-state index in [-0.39, 0.29) is 5.41 Å². The predicted molar refractivity (Wildman–Crippen MR) is 61.2 cm³/mol. The molecular weight excluding hydrogens is 235 g/mol. The van der Waals surface area contributed by atoms with Gasteiger partial charge in [0.2, 0.25) is 0 Å². The molecule has 1 aromatic heterocycles. The van der Waals surface area contributed by atoms with Crippen molar-refractivity contribution in [2.75, 3.05) is 11.8 Å². The molecule has 0 aliphatic carbocycles. The maximum absolute atomic E-state index is 6.01. The minimum Gasteiger partial charge on any atom is -0.167 e. The minimum absolute atomic E-state index is 0.147. The topological polar surface area (TPSA) is 43.6 Å². The van der Waals surface area contributed by atoms with Crippen LogP contribution >= 0.6 is 23.2 Å². The van der Waals surface area contributed by atoms with Crippen molar-refractivity contribution in [3.63, 3.8) is 0 Å². The normalized spacial score (nSPS) is 12.4. The molecule has 0 aromatic carbocycles. The van der Waals surface area contributed by atoms with Crippen molar-refractivity contribution in [2.24, 2.45) is 18.4 Å². The van der Waals surface area contributed by atoms with Gasteiger partial charge in [0.05, 0.1) is 7.05 Å². The van der Waals surface area contributed by atoms with E-state index in [2.05, 4.69) is 29.3 Å². The monoisotopic (exact) mass is 250 g/mol. The van der Waals surface area contributed by atoms with Gasteiger partial charge in [-0.3, -0.25) is 0 Å². The number of aromatic nitrogens is 4. The molecule has 0 amide bonds. The Bertz CT molecular complexity index is 307. The molecule has 0 unspecified atom stereocenters. The molecule has 1 heterocycles. The number of alkyl halides is 2. The Hall–Kier alpha value is -0.350. The molecule has 1 rings (SSSR count). The molecule has 0 atom stereocenters. The number of nitrogens with zero attached hydrogens (tertiary/aromatic N) is 4. The van der Waals surface area contributed by atoms with E-state index in [1.54, 1.807) is 7.05 Å². The summed E-state index contributed by atoms with van der Waals surface area (Å²) in [6.07, 6.45) is 0.672. The Morgan fingerprint density at radius 3 is 2.27 bits per heavy atom. The summed E-state index contributed by atoms with van der Waals surface area (Å²) in [5, 5.41) is 11.9. The van der Waals surface area contributed by atoms with Gasteiger partial charge >= 0.3 is 0 Å². The summed E-state index contributed by atoms with van der Waals surface area (Å²) in [7, 11) is 1.74. The van der Waals surface area contributed by atoms with Crippen molar-refractivity contribution < 1.29 is 0 Å². The Balaban J connectivity index is 2.83. The summed E-state index contributed by atoms with van der Waals surface area (Å²) in [6, 6.07) is 0. The minimum atomic E-state index is -0.147. The van der Waals surface area contributed by atoms with Crippen LogP contribution in [0.25, 0.3) is 0 Å². The third kappa shape index (κ3) is 2.82. The Morgan fingerprint density at radius 1 is 1.33 bits per heavy atom. The number of rotatable bonds is 5. The molecule has 0 N–H and O–H groups in total. The molecule has 0 fully saturated rings. The lowest BCUT2D eigenvalue weighted by atomic mass is 9.77. The average molecular weight is 251 g/mol. The van der Waals surface area contributed by atoms with E-state index in [1.165, 1.54) is 4.80 Å². The van der Waals surface area contributed by atoms with Crippen LogP contribution in [0, 0.1) is 11.3 Å². The Labute approximate surface area is 99.9 Å². The fraction of sp³-hybridized carbons (Fsp3) is 0.889. The molecule has 0 spiro atoms. The van der Waals surface area contributed by atoms with E-state index < -0.39 is 0 Å². The molecule has 6 heteroatoms. The Morgan fingerprint density at radius 2 is 1.93 bits per heavy atom. The highest BCUT2D eigenvalue weighted by Gasteiger charge is 2.34. The maximum Gasteiger partial charge on any atom is 0.175 e. The molecule has 15 heavy (non-hydrogen) atoms. The summed E-state index contributed by atoms with van der Waals surface area (Å²) in [6.45, 7) is 4.22. The standard InChI is InChI=1S/C9H16Cl2N4/c1-7(2)9(5-10,6-11)4-8-12-14-15(3)13-8/h7H,4-6H2,1-3H3. The predicted octanol–water partition coefficient (Wildman–Crippen LogP) is 1.87. The molecule has 4 nitrogen and oxygen atoms in total. The van der Waals surface area contributed by atoms with E-state index in [1.807, 2.05) is 0 Å². The summed E-state index contributed by atoms with van der Waals surface area (Å²) < 4.78 is 0. The second-order valence-corrected chi connectivity index (χ2v) is 4.69. The number of hydrogen-bond acceptors (Lipinski definition) is 3. The molecule has 0 radical (unpaired) electrons. The smallest absolute Gasteiger partial charge is 0.167 e. The van der Waals surface area contributed by atoms with Gasteiger partial charge in [0.1, 0.15) is 0 Å². The van der Waals surface area contributed by atoms with E-state index in [4.69, 9.17) is 23.2 Å². The van der Waals surface area contributed by atoms with Crippen LogP contribution in [0.2, 0.25) is 0 Å². The van der Waals surface area contributed by atoms with Gasteiger partial charge < -0.3 is 0 Å². The molecule has 86 valence electrons. The molecule has 0 aliphatic rings. The van der Waals surface area contributed by atoms with Gasteiger partial charge in [-0.25, -0.2) is 0 Å². The van der Waals surface area contributed by atoms with Crippen molar-refractivity contribution in [3.8, 4) is 0 Å². The van der Waals surface area contributed by atoms with Crippen LogP contribution in [0.15, 0.2) is 0 Å². The second-order valence-electron chi connectivity index (χ2n) is 4.16. The summed E-state index contributed by atoms with van der Waals surface area (Å²) in [5.41, 5.74) is -0.147. The molecular formula is C9H16Cl2N4. The first-order chi connectivity index (χ1) is 7.04. The lowest BCUT2D eigenvalue weighted by molar-refractivity contribution is 0.253. The van der Waals surface area contributed by atoms with E-state index >= 15 is 0 Å². The fourth-order valence-electron chi connectivity index (χ4n) is 1.35. The van der Waals surface area contributed by atoms with Gasteiger partial charge in [-0.1, -0.05) is 13.8 Å². The van der Waals surface area contributed by atoms with Crippen LogP contribution in [0.3, 0.4) is 0 Å². The SMILES string of the molecule is CC(C)C(CCl)(CCl)Cc1nnn(C)n1. The molecule has 0 bridgehead atoms. The van der Waals surface area contributed by atoms with E-state index in [9.17, 15) is 0 Å². The van der Waals surface area contributed by atoms with Gasteiger partial charge in [-0.05, 0) is 11.1 Å². The fourth-order valence-corrected chi connectivity index (χ4v) is 2.44. The molecule has 0 aliphatic heterocycles. The highest BCUT2D eigenvalue weighted by Crippen LogP contribution is 2.33. The summed E-state index contributed by atoms with van der Waals surface area (Å²) >= 11 is 12.0. The largest absolute Gasteiger partial charge is 0.175 e. The van der Waals surface area contributed by atoms with Crippen molar-refractivity contribution in [3.05, 3.63) is 5.82 Å². The Kier molecular flexibility index (Phi) is 4.34. The zero-order valence-electron chi connectivity index (χ0n) is 9.24. The van der Waals surface area contributed by atoms with Crippen LogP contribution in [0.5, 0.6) is 0 Å². The van der Waals surface area contributed by atoms with Crippen LogP contribution < -0.4 is 0 Å². The van der Waals surface area contributed by atoms with Crippen molar-refractivity contribution in [1.29, 1.82) is 0 Å². The van der Waals surface area contributed by atoms with Crippen LogP contribution in [0.1, 0.15) is 19.7 Å². The molecule has 1 aromatic rings. The second kappa shape index (κ2) is 5.12. The highest BCUT2D eigenvalue weighted by atomic mass is 35.5. The van der Waals surface area contributed by atoms with Crippen molar-refractivity contribution >= 4 is 23.2 Å². The number of aryl methyl sites for hydroxylation is 1. The van der Waals surface area contributed by atoms with Gasteiger partial charge in [0.15, 0.2) is 5.82 Å². The van der Waals surface area contributed by atoms with Gasteiger partial charge in [0, 0.05) is 23.6 Å². The summed E-state index contributed by atoms with van der Waals surface area (Å²) in [5.74, 6) is 2.10. The van der Waals surface area contributed by atoms with E-state index in [0.29, 0.717) is 29.9 Å². The van der Waals surface area contributed by atoms with Crippen molar-refractivity contribution in [2.45, 2.75) is 20.3 Å². The number of hydrogen-bond donors (Lipinski definition) is 0. The molecule has 0 saturated carbocycles.